The molecule has 1 aromatic carbocycles. The molecule has 116 valence electrons. The van der Waals surface area contributed by atoms with Crippen LogP contribution in [0, 0.1) is 5.82 Å². The fraction of sp³-hybridized carbons (Fsp3) is 0.647. The molecule has 1 aromatic rings. The van der Waals surface area contributed by atoms with E-state index in [9.17, 15) is 4.39 Å². The molecule has 3 rings (SSSR count). The summed E-state index contributed by atoms with van der Waals surface area (Å²) < 4.78 is 13.0. The molecule has 2 aliphatic heterocycles. The van der Waals surface area contributed by atoms with E-state index in [0.29, 0.717) is 12.6 Å². The number of piperidine rings is 1. The minimum absolute atomic E-state index is 0.0782. The number of nitrogens with two attached hydrogens (primary N) is 1. The summed E-state index contributed by atoms with van der Waals surface area (Å²) in [4.78, 5) is 5.04. The lowest BCUT2D eigenvalue weighted by Gasteiger charge is -2.46. The summed E-state index contributed by atoms with van der Waals surface area (Å²) >= 11 is 0. The summed E-state index contributed by atoms with van der Waals surface area (Å²) in [6.45, 7) is 3.92. The first kappa shape index (κ1) is 14.9. The van der Waals surface area contributed by atoms with Gasteiger partial charge >= 0.3 is 0 Å². The van der Waals surface area contributed by atoms with E-state index in [1.165, 1.54) is 25.8 Å². The van der Waals surface area contributed by atoms with E-state index in [-0.39, 0.29) is 11.4 Å². The average Bonchev–Trinajstić information content (AvgIpc) is 2.90. The van der Waals surface area contributed by atoms with Gasteiger partial charge in [0.05, 0.1) is 0 Å². The summed E-state index contributed by atoms with van der Waals surface area (Å²) in [5, 5.41) is 0. The van der Waals surface area contributed by atoms with Gasteiger partial charge in [-0.3, -0.25) is 9.80 Å². The zero-order valence-corrected chi connectivity index (χ0v) is 12.9. The molecular weight excluding hydrogens is 265 g/mol. The summed E-state index contributed by atoms with van der Waals surface area (Å²) in [6.07, 6.45) is 5.03. The smallest absolute Gasteiger partial charge is 0.123 e. The standard InChI is InChI=1S/C17H26FN3/c1-20(12-14-5-7-15(18)8-6-14)17(13-19)9-11-21-10-3-2-4-16(17)21/h5-8,16H,2-4,9-13,19H2,1H3. The Kier molecular flexibility index (Phi) is 4.29. The van der Waals surface area contributed by atoms with E-state index >= 15 is 0 Å². The lowest BCUT2D eigenvalue weighted by Crippen LogP contribution is -2.60. The Morgan fingerprint density at radius 3 is 2.76 bits per heavy atom. The van der Waals surface area contributed by atoms with Crippen LogP contribution in [0.1, 0.15) is 31.2 Å². The second-order valence-electron chi connectivity index (χ2n) is 6.59. The topological polar surface area (TPSA) is 32.5 Å². The van der Waals surface area contributed by atoms with Crippen molar-refractivity contribution in [3.63, 3.8) is 0 Å². The van der Waals surface area contributed by atoms with Gasteiger partial charge in [-0.1, -0.05) is 18.6 Å². The van der Waals surface area contributed by atoms with Crippen LogP contribution in [0.5, 0.6) is 0 Å². The molecule has 0 bridgehead atoms. The van der Waals surface area contributed by atoms with Gasteiger partial charge in [0.15, 0.2) is 0 Å². The van der Waals surface area contributed by atoms with Gasteiger partial charge in [-0.2, -0.15) is 0 Å². The number of rotatable bonds is 4. The van der Waals surface area contributed by atoms with Crippen molar-refractivity contribution in [2.75, 3.05) is 26.7 Å². The van der Waals surface area contributed by atoms with Crippen LogP contribution in [0.2, 0.25) is 0 Å². The van der Waals surface area contributed by atoms with Crippen molar-refractivity contribution < 1.29 is 4.39 Å². The molecule has 2 N–H and O–H groups in total. The van der Waals surface area contributed by atoms with Crippen molar-refractivity contribution in [3.8, 4) is 0 Å². The van der Waals surface area contributed by atoms with Crippen LogP contribution >= 0.6 is 0 Å². The van der Waals surface area contributed by atoms with E-state index in [1.54, 1.807) is 12.1 Å². The first-order valence-corrected chi connectivity index (χ1v) is 8.05. The molecule has 2 saturated heterocycles. The van der Waals surface area contributed by atoms with Crippen LogP contribution in [-0.2, 0) is 6.54 Å². The van der Waals surface area contributed by atoms with Gasteiger partial charge in [-0.05, 0) is 50.6 Å². The molecule has 2 atom stereocenters. The van der Waals surface area contributed by atoms with Crippen molar-refractivity contribution in [3.05, 3.63) is 35.6 Å². The SMILES string of the molecule is CN(Cc1ccc(F)cc1)C1(CN)CCN2CCCCC21. The summed E-state index contributed by atoms with van der Waals surface area (Å²) in [5.74, 6) is -0.172. The predicted molar refractivity (Wildman–Crippen MR) is 83.5 cm³/mol. The highest BCUT2D eigenvalue weighted by atomic mass is 19.1. The number of likely N-dealkylation sites (N-methyl/N-ethyl adjacent to an activating group) is 1. The summed E-state index contributed by atoms with van der Waals surface area (Å²) in [7, 11) is 2.17. The highest BCUT2D eigenvalue weighted by Crippen LogP contribution is 2.38. The van der Waals surface area contributed by atoms with Crippen molar-refractivity contribution in [2.45, 2.75) is 43.8 Å². The second kappa shape index (κ2) is 6.03. The molecule has 2 aliphatic rings. The molecule has 0 spiro atoms. The van der Waals surface area contributed by atoms with Gasteiger partial charge in [-0.15, -0.1) is 0 Å². The molecule has 0 saturated carbocycles. The van der Waals surface area contributed by atoms with E-state index < -0.39 is 0 Å². The van der Waals surface area contributed by atoms with Crippen molar-refractivity contribution in [2.24, 2.45) is 5.73 Å². The maximum Gasteiger partial charge on any atom is 0.123 e. The number of halogens is 1. The van der Waals surface area contributed by atoms with Crippen molar-refractivity contribution in [1.29, 1.82) is 0 Å². The molecule has 0 aliphatic carbocycles. The Labute approximate surface area is 126 Å². The third-order valence-electron chi connectivity index (χ3n) is 5.51. The number of fused-ring (bicyclic) bond motifs is 1. The number of hydrogen-bond donors (Lipinski definition) is 1. The Morgan fingerprint density at radius 2 is 2.05 bits per heavy atom. The fourth-order valence-electron chi connectivity index (χ4n) is 4.23. The minimum atomic E-state index is -0.172. The molecule has 2 unspecified atom stereocenters. The Bertz CT molecular complexity index is 475. The van der Waals surface area contributed by atoms with Gasteiger partial charge in [0.2, 0.25) is 0 Å². The molecule has 3 nitrogen and oxygen atoms in total. The first-order chi connectivity index (χ1) is 10.2. The maximum absolute atomic E-state index is 13.0. The molecule has 2 heterocycles. The third-order valence-corrected chi connectivity index (χ3v) is 5.51. The Balaban J connectivity index is 1.77. The van der Waals surface area contributed by atoms with Crippen LogP contribution in [-0.4, -0.2) is 48.1 Å². The maximum atomic E-state index is 13.0. The molecule has 0 aromatic heterocycles. The molecular formula is C17H26FN3. The molecule has 0 amide bonds. The van der Waals surface area contributed by atoms with E-state index in [4.69, 9.17) is 5.73 Å². The Hall–Kier alpha value is -0.970. The lowest BCUT2D eigenvalue weighted by molar-refractivity contribution is 0.0511. The zero-order valence-electron chi connectivity index (χ0n) is 12.9. The fourth-order valence-corrected chi connectivity index (χ4v) is 4.23. The second-order valence-corrected chi connectivity index (χ2v) is 6.59. The predicted octanol–water partition coefficient (Wildman–Crippen LogP) is 2.21. The molecule has 2 fully saturated rings. The van der Waals surface area contributed by atoms with E-state index in [2.05, 4.69) is 16.8 Å². The quantitative estimate of drug-likeness (QED) is 0.923. The van der Waals surface area contributed by atoms with Crippen LogP contribution in [0.15, 0.2) is 24.3 Å². The number of benzene rings is 1. The number of nitrogens with zero attached hydrogens (tertiary/aromatic N) is 2. The Morgan fingerprint density at radius 1 is 1.29 bits per heavy atom. The van der Waals surface area contributed by atoms with Crippen molar-refractivity contribution in [1.82, 2.24) is 9.80 Å². The highest BCUT2D eigenvalue weighted by Gasteiger charge is 2.49. The van der Waals surface area contributed by atoms with Gasteiger partial charge in [0.1, 0.15) is 5.82 Å². The van der Waals surface area contributed by atoms with Crippen molar-refractivity contribution >= 4 is 0 Å². The lowest BCUT2D eigenvalue weighted by atomic mass is 9.84. The molecule has 0 radical (unpaired) electrons. The van der Waals surface area contributed by atoms with Gasteiger partial charge in [-0.25, -0.2) is 4.39 Å². The average molecular weight is 291 g/mol. The largest absolute Gasteiger partial charge is 0.329 e. The highest BCUT2D eigenvalue weighted by molar-refractivity contribution is 5.17. The summed E-state index contributed by atoms with van der Waals surface area (Å²) in [6, 6.07) is 7.43. The van der Waals surface area contributed by atoms with E-state index in [0.717, 1.165) is 25.1 Å². The van der Waals surface area contributed by atoms with Crippen LogP contribution < -0.4 is 5.73 Å². The van der Waals surface area contributed by atoms with Gasteiger partial charge in [0, 0.05) is 31.2 Å². The first-order valence-electron chi connectivity index (χ1n) is 8.05. The van der Waals surface area contributed by atoms with Crippen LogP contribution in [0.25, 0.3) is 0 Å². The van der Waals surface area contributed by atoms with E-state index in [1.807, 2.05) is 12.1 Å². The monoisotopic (exact) mass is 291 g/mol. The normalized spacial score (nSPS) is 29.8. The van der Waals surface area contributed by atoms with Crippen LogP contribution in [0.4, 0.5) is 4.39 Å². The molecule has 4 heteroatoms. The minimum Gasteiger partial charge on any atom is -0.329 e. The van der Waals surface area contributed by atoms with Gasteiger partial charge < -0.3 is 5.73 Å². The number of hydrogen-bond acceptors (Lipinski definition) is 3. The summed E-state index contributed by atoms with van der Waals surface area (Å²) in [5.41, 5.74) is 7.46. The molecule has 21 heavy (non-hydrogen) atoms. The third kappa shape index (κ3) is 2.72. The van der Waals surface area contributed by atoms with Crippen LogP contribution in [0.3, 0.4) is 0 Å². The van der Waals surface area contributed by atoms with Gasteiger partial charge in [0.25, 0.3) is 0 Å². The zero-order chi connectivity index (χ0) is 14.9.